The van der Waals surface area contributed by atoms with E-state index in [-0.39, 0.29) is 5.92 Å². The third-order valence-corrected chi connectivity index (χ3v) is 3.79. The molecule has 2 unspecified atom stereocenters. The molecule has 1 aliphatic carbocycles. The minimum atomic E-state index is 0.288. The minimum Gasteiger partial charge on any atom is -0.396 e. The molecular weight excluding hydrogens is 190 g/mol. The number of hydrogen-bond donors (Lipinski definition) is 1. The van der Waals surface area contributed by atoms with E-state index in [1.165, 1.54) is 6.42 Å². The number of rotatable bonds is 3. The van der Waals surface area contributed by atoms with Gasteiger partial charge in [0.2, 0.25) is 0 Å². The van der Waals surface area contributed by atoms with Crippen LogP contribution in [0.3, 0.4) is 0 Å². The van der Waals surface area contributed by atoms with Gasteiger partial charge in [-0.2, -0.15) is 0 Å². The van der Waals surface area contributed by atoms with Crippen molar-refractivity contribution >= 4 is 5.78 Å². The molecule has 0 aromatic carbocycles. The molecular formula is C12H21NO2. The van der Waals surface area contributed by atoms with E-state index < -0.39 is 0 Å². The van der Waals surface area contributed by atoms with Gasteiger partial charge in [0.1, 0.15) is 5.78 Å². The molecule has 0 aromatic rings. The summed E-state index contributed by atoms with van der Waals surface area (Å²) in [5, 5.41) is 9.05. The van der Waals surface area contributed by atoms with Crippen LogP contribution < -0.4 is 0 Å². The molecule has 86 valence electrons. The van der Waals surface area contributed by atoms with Crippen LogP contribution in [0.15, 0.2) is 0 Å². The van der Waals surface area contributed by atoms with Gasteiger partial charge < -0.3 is 10.0 Å². The molecule has 0 aromatic heterocycles. The van der Waals surface area contributed by atoms with E-state index in [4.69, 9.17) is 5.11 Å². The summed E-state index contributed by atoms with van der Waals surface area (Å²) in [5.41, 5.74) is 0. The molecule has 3 heteroatoms. The molecule has 1 N–H and O–H groups in total. The van der Waals surface area contributed by atoms with Gasteiger partial charge in [-0.1, -0.05) is 6.42 Å². The summed E-state index contributed by atoms with van der Waals surface area (Å²) >= 11 is 0. The number of carbonyl (C=O) groups excluding carboxylic acids is 1. The second-order valence-corrected chi connectivity index (χ2v) is 5.01. The van der Waals surface area contributed by atoms with Crippen molar-refractivity contribution in [3.8, 4) is 0 Å². The van der Waals surface area contributed by atoms with Crippen LogP contribution in [-0.4, -0.2) is 42.0 Å². The minimum absolute atomic E-state index is 0.288. The fourth-order valence-electron chi connectivity index (χ4n) is 2.79. The van der Waals surface area contributed by atoms with Crippen LogP contribution in [0.1, 0.15) is 32.1 Å². The number of aliphatic hydroxyl groups is 1. The van der Waals surface area contributed by atoms with Gasteiger partial charge in [0.05, 0.1) is 0 Å². The van der Waals surface area contributed by atoms with Gasteiger partial charge in [-0.25, -0.2) is 0 Å². The van der Waals surface area contributed by atoms with Gasteiger partial charge in [-0.15, -0.1) is 0 Å². The first-order chi connectivity index (χ1) is 7.29. The van der Waals surface area contributed by atoms with Crippen molar-refractivity contribution in [3.05, 3.63) is 0 Å². The molecule has 2 aliphatic rings. The van der Waals surface area contributed by atoms with Crippen LogP contribution in [0, 0.1) is 11.8 Å². The van der Waals surface area contributed by atoms with Crippen molar-refractivity contribution in [2.75, 3.05) is 26.2 Å². The zero-order valence-corrected chi connectivity index (χ0v) is 9.32. The van der Waals surface area contributed by atoms with Gasteiger partial charge in [0, 0.05) is 32.0 Å². The van der Waals surface area contributed by atoms with Crippen molar-refractivity contribution in [2.45, 2.75) is 32.1 Å². The Balaban J connectivity index is 1.79. The van der Waals surface area contributed by atoms with Crippen LogP contribution in [-0.2, 0) is 4.79 Å². The average Bonchev–Trinajstić information content (AvgIpc) is 2.69. The Hall–Kier alpha value is -0.410. The molecule has 1 saturated carbocycles. The maximum absolute atomic E-state index is 11.7. The molecule has 0 amide bonds. The maximum Gasteiger partial charge on any atom is 0.137 e. The van der Waals surface area contributed by atoms with E-state index in [9.17, 15) is 4.79 Å². The lowest BCUT2D eigenvalue weighted by atomic mass is 9.87. The summed E-state index contributed by atoms with van der Waals surface area (Å²) in [6.07, 6.45) is 5.28. The number of nitrogens with zero attached hydrogens (tertiary/aromatic N) is 1. The van der Waals surface area contributed by atoms with Crippen LogP contribution in [0.25, 0.3) is 0 Å². The quantitative estimate of drug-likeness (QED) is 0.759. The van der Waals surface area contributed by atoms with E-state index in [1.807, 2.05) is 0 Å². The predicted molar refractivity (Wildman–Crippen MR) is 58.6 cm³/mol. The summed E-state index contributed by atoms with van der Waals surface area (Å²) < 4.78 is 0. The average molecular weight is 211 g/mol. The van der Waals surface area contributed by atoms with E-state index >= 15 is 0 Å². The Bertz CT molecular complexity index is 230. The third-order valence-electron chi connectivity index (χ3n) is 3.79. The van der Waals surface area contributed by atoms with Gasteiger partial charge in [0.25, 0.3) is 0 Å². The molecule has 15 heavy (non-hydrogen) atoms. The number of likely N-dealkylation sites (tertiary alicyclic amines) is 1. The van der Waals surface area contributed by atoms with Gasteiger partial charge >= 0.3 is 0 Å². The first-order valence-corrected chi connectivity index (χ1v) is 6.15. The molecule has 0 bridgehead atoms. The Labute approximate surface area is 91.5 Å². The highest BCUT2D eigenvalue weighted by atomic mass is 16.3. The zero-order valence-electron chi connectivity index (χ0n) is 9.32. The topological polar surface area (TPSA) is 40.5 Å². The van der Waals surface area contributed by atoms with E-state index in [2.05, 4.69) is 4.90 Å². The first-order valence-electron chi connectivity index (χ1n) is 6.15. The van der Waals surface area contributed by atoms with Gasteiger partial charge in [-0.05, 0) is 31.7 Å². The standard InChI is InChI=1S/C12H21NO2/c14-9-10-5-6-13(7-10)8-11-3-1-2-4-12(11)15/h10-11,14H,1-9H2. The van der Waals surface area contributed by atoms with E-state index in [0.717, 1.165) is 45.3 Å². The van der Waals surface area contributed by atoms with Gasteiger partial charge in [0.15, 0.2) is 0 Å². The fourth-order valence-corrected chi connectivity index (χ4v) is 2.79. The summed E-state index contributed by atoms with van der Waals surface area (Å²) in [6.45, 7) is 3.29. The van der Waals surface area contributed by atoms with Crippen LogP contribution in [0.4, 0.5) is 0 Å². The molecule has 2 fully saturated rings. The fraction of sp³-hybridized carbons (Fsp3) is 0.917. The zero-order chi connectivity index (χ0) is 10.7. The lowest BCUT2D eigenvalue weighted by Gasteiger charge is -2.25. The van der Waals surface area contributed by atoms with E-state index in [0.29, 0.717) is 18.3 Å². The highest BCUT2D eigenvalue weighted by Gasteiger charge is 2.28. The second-order valence-electron chi connectivity index (χ2n) is 5.01. The van der Waals surface area contributed by atoms with Crippen LogP contribution in [0.5, 0.6) is 0 Å². The summed E-state index contributed by atoms with van der Waals surface area (Å²) in [4.78, 5) is 14.0. The van der Waals surface area contributed by atoms with E-state index in [1.54, 1.807) is 0 Å². The third kappa shape index (κ3) is 2.79. The Morgan fingerprint density at radius 1 is 1.33 bits per heavy atom. The number of Topliss-reactive ketones (excluding diaryl/α,β-unsaturated/α-hetero) is 1. The predicted octanol–water partition coefficient (Wildman–Crippen LogP) is 1.06. The highest BCUT2D eigenvalue weighted by Crippen LogP contribution is 2.24. The van der Waals surface area contributed by atoms with Crippen molar-refractivity contribution in [2.24, 2.45) is 11.8 Å². The highest BCUT2D eigenvalue weighted by molar-refractivity contribution is 5.81. The Morgan fingerprint density at radius 2 is 2.20 bits per heavy atom. The Kier molecular flexibility index (Phi) is 3.76. The van der Waals surface area contributed by atoms with Crippen molar-refractivity contribution < 1.29 is 9.90 Å². The maximum atomic E-state index is 11.7. The van der Waals surface area contributed by atoms with Crippen LogP contribution >= 0.6 is 0 Å². The first kappa shape index (κ1) is 11.1. The number of carbonyl (C=O) groups is 1. The molecule has 0 radical (unpaired) electrons. The lowest BCUT2D eigenvalue weighted by molar-refractivity contribution is -0.125. The van der Waals surface area contributed by atoms with Gasteiger partial charge in [-0.3, -0.25) is 4.79 Å². The molecule has 1 saturated heterocycles. The summed E-state index contributed by atoms with van der Waals surface area (Å²) in [5.74, 6) is 1.20. The largest absolute Gasteiger partial charge is 0.396 e. The number of aliphatic hydroxyl groups excluding tert-OH is 1. The van der Waals surface area contributed by atoms with Crippen molar-refractivity contribution in [1.29, 1.82) is 0 Å². The second kappa shape index (κ2) is 5.08. The summed E-state index contributed by atoms with van der Waals surface area (Å²) in [7, 11) is 0. The monoisotopic (exact) mass is 211 g/mol. The normalized spacial score (nSPS) is 33.5. The van der Waals surface area contributed by atoms with Crippen molar-refractivity contribution in [1.82, 2.24) is 4.90 Å². The lowest BCUT2D eigenvalue weighted by Crippen LogP contribution is -2.33. The molecule has 0 spiro atoms. The molecule has 2 atom stereocenters. The smallest absolute Gasteiger partial charge is 0.137 e. The molecule has 1 heterocycles. The molecule has 3 nitrogen and oxygen atoms in total. The number of ketones is 1. The molecule has 2 rings (SSSR count). The number of hydrogen-bond acceptors (Lipinski definition) is 3. The SMILES string of the molecule is O=C1CCCCC1CN1CCC(CO)C1. The van der Waals surface area contributed by atoms with Crippen LogP contribution in [0.2, 0.25) is 0 Å². The summed E-state index contributed by atoms with van der Waals surface area (Å²) in [6, 6.07) is 0. The van der Waals surface area contributed by atoms with Crippen molar-refractivity contribution in [3.63, 3.8) is 0 Å². The molecule has 1 aliphatic heterocycles. The Morgan fingerprint density at radius 3 is 2.87 bits per heavy atom.